The number of anilines is 3. The summed E-state index contributed by atoms with van der Waals surface area (Å²) < 4.78 is 2.37. The van der Waals surface area contributed by atoms with Crippen molar-refractivity contribution in [2.45, 2.75) is 32.1 Å². The van der Waals surface area contributed by atoms with Crippen molar-refractivity contribution >= 4 is 44.4 Å². The summed E-state index contributed by atoms with van der Waals surface area (Å²) in [5.74, 6) is 0. The zero-order chi connectivity index (χ0) is 35.5. The van der Waals surface area contributed by atoms with Crippen molar-refractivity contribution in [2.24, 2.45) is 0 Å². The largest absolute Gasteiger partial charge is 0.310 e. The lowest BCUT2D eigenvalue weighted by atomic mass is 9.78. The topological polar surface area (TPSA) is 8.17 Å². The molecule has 1 aromatic heterocycles. The fourth-order valence-electron chi connectivity index (χ4n) is 8.84. The van der Waals surface area contributed by atoms with Gasteiger partial charge >= 0.3 is 0 Å². The molecule has 0 N–H and O–H groups in total. The van der Waals surface area contributed by atoms with Crippen molar-refractivity contribution in [3.63, 3.8) is 0 Å². The number of rotatable bonds is 6. The molecule has 0 unspecified atom stereocenters. The van der Waals surface area contributed by atoms with Gasteiger partial charge in [-0.2, -0.15) is 0 Å². The van der Waals surface area contributed by atoms with E-state index in [9.17, 15) is 0 Å². The first-order valence-electron chi connectivity index (χ1n) is 18.7. The number of hydrogen-bond donors (Lipinski definition) is 0. The van der Waals surface area contributed by atoms with E-state index in [1.807, 2.05) is 0 Å². The zero-order valence-corrected chi connectivity index (χ0v) is 30.1. The monoisotopic (exact) mass is 680 g/mol. The van der Waals surface area contributed by atoms with Gasteiger partial charge in [-0.15, -0.1) is 0 Å². The molecule has 0 aliphatic heterocycles. The number of hydrogen-bond acceptors (Lipinski definition) is 1. The zero-order valence-electron chi connectivity index (χ0n) is 30.1. The average molecular weight is 681 g/mol. The van der Waals surface area contributed by atoms with Crippen LogP contribution in [0.2, 0.25) is 0 Å². The molecule has 0 saturated carbocycles. The molecule has 0 spiro atoms. The van der Waals surface area contributed by atoms with Crippen LogP contribution in [0.25, 0.3) is 55.3 Å². The molecule has 10 rings (SSSR count). The third-order valence-corrected chi connectivity index (χ3v) is 11.5. The van der Waals surface area contributed by atoms with Gasteiger partial charge in [0, 0.05) is 38.9 Å². The van der Waals surface area contributed by atoms with Gasteiger partial charge in [0.2, 0.25) is 0 Å². The summed E-state index contributed by atoms with van der Waals surface area (Å²) in [5.41, 5.74) is 17.7. The first kappa shape index (κ1) is 31.4. The predicted octanol–water partition coefficient (Wildman–Crippen LogP) is 14.0. The molecule has 0 bridgehead atoms. The highest BCUT2D eigenvalue weighted by atomic mass is 15.1. The van der Waals surface area contributed by atoms with Gasteiger partial charge in [-0.05, 0) is 119 Å². The molecule has 0 amide bonds. The van der Waals surface area contributed by atoms with Crippen LogP contribution in [-0.4, -0.2) is 4.57 Å². The van der Waals surface area contributed by atoms with Crippen LogP contribution in [0.4, 0.5) is 17.1 Å². The van der Waals surface area contributed by atoms with Crippen molar-refractivity contribution in [1.82, 2.24) is 4.57 Å². The molecular formula is C51H40N2. The fourth-order valence-corrected chi connectivity index (χ4v) is 8.84. The maximum atomic E-state index is 2.44. The summed E-state index contributed by atoms with van der Waals surface area (Å²) in [6, 6.07) is 62.2. The maximum Gasteiger partial charge on any atom is 0.0541 e. The van der Waals surface area contributed by atoms with Crippen LogP contribution in [0.1, 0.15) is 37.8 Å². The van der Waals surface area contributed by atoms with E-state index in [0.717, 1.165) is 24.2 Å². The molecule has 2 aliphatic rings. The smallest absolute Gasteiger partial charge is 0.0541 e. The molecule has 8 aromatic rings. The van der Waals surface area contributed by atoms with Crippen molar-refractivity contribution in [1.29, 1.82) is 0 Å². The van der Waals surface area contributed by atoms with Crippen LogP contribution < -0.4 is 4.90 Å². The SMILES string of the molecule is CC1(C)C2=C(C=CCC2)c2ccc(N(c3ccc(-c4ccccc4)cc3)c3ccc(-c4ccc5c(c4)c4ccccc4n5-c4ccccc4)cc3)cc21. The lowest BCUT2D eigenvalue weighted by Gasteiger charge is -2.29. The summed E-state index contributed by atoms with van der Waals surface area (Å²) in [6.07, 6.45) is 6.94. The molecule has 0 radical (unpaired) electrons. The molecular weight excluding hydrogens is 641 g/mol. The van der Waals surface area contributed by atoms with E-state index >= 15 is 0 Å². The van der Waals surface area contributed by atoms with E-state index in [4.69, 9.17) is 0 Å². The highest BCUT2D eigenvalue weighted by Crippen LogP contribution is 2.52. The molecule has 2 aliphatic carbocycles. The Morgan fingerprint density at radius 1 is 0.509 bits per heavy atom. The lowest BCUT2D eigenvalue weighted by Crippen LogP contribution is -2.18. The van der Waals surface area contributed by atoms with Gasteiger partial charge in [-0.3, -0.25) is 0 Å². The number of para-hydroxylation sites is 2. The second kappa shape index (κ2) is 12.4. The molecule has 7 aromatic carbocycles. The fraction of sp³-hybridized carbons (Fsp3) is 0.0980. The third-order valence-electron chi connectivity index (χ3n) is 11.5. The standard InChI is InChI=1S/C51H40N2/c1-51(2)47-19-11-9-17-43(47)44-31-30-42(34-48(44)51)52(40-26-21-36(22-27-40)35-13-5-3-6-14-35)41-28-23-37(24-29-41)38-25-32-50-46(33-38)45-18-10-12-20-49(45)53(50)39-15-7-4-8-16-39/h3-10,12-18,20-34H,11,19H2,1-2H3. The van der Waals surface area contributed by atoms with Crippen LogP contribution in [0, 0.1) is 0 Å². The van der Waals surface area contributed by atoms with Gasteiger partial charge in [0.05, 0.1) is 11.0 Å². The number of aromatic nitrogens is 1. The van der Waals surface area contributed by atoms with Gasteiger partial charge in [0.25, 0.3) is 0 Å². The van der Waals surface area contributed by atoms with Crippen LogP contribution >= 0.6 is 0 Å². The van der Waals surface area contributed by atoms with E-state index in [1.165, 1.54) is 72.1 Å². The number of nitrogens with zero attached hydrogens (tertiary/aromatic N) is 2. The second-order valence-corrected chi connectivity index (χ2v) is 14.9. The maximum absolute atomic E-state index is 2.44. The summed E-state index contributed by atoms with van der Waals surface area (Å²) >= 11 is 0. The van der Waals surface area contributed by atoms with E-state index in [1.54, 1.807) is 5.57 Å². The molecule has 53 heavy (non-hydrogen) atoms. The highest BCUT2D eigenvalue weighted by molar-refractivity contribution is 6.10. The van der Waals surface area contributed by atoms with Crippen LogP contribution in [-0.2, 0) is 5.41 Å². The minimum Gasteiger partial charge on any atom is -0.310 e. The van der Waals surface area contributed by atoms with Crippen molar-refractivity contribution < 1.29 is 0 Å². The Balaban J connectivity index is 1.06. The van der Waals surface area contributed by atoms with Gasteiger partial charge < -0.3 is 9.47 Å². The minimum absolute atomic E-state index is 0.000405. The van der Waals surface area contributed by atoms with Crippen molar-refractivity contribution in [3.8, 4) is 27.9 Å². The molecule has 0 fully saturated rings. The third kappa shape index (κ3) is 5.17. The van der Waals surface area contributed by atoms with Crippen molar-refractivity contribution in [3.05, 3.63) is 199 Å². The van der Waals surface area contributed by atoms with Gasteiger partial charge in [0.15, 0.2) is 0 Å². The Morgan fingerprint density at radius 3 is 1.83 bits per heavy atom. The quantitative estimate of drug-likeness (QED) is 0.170. The van der Waals surface area contributed by atoms with E-state index in [2.05, 4.69) is 205 Å². The summed E-state index contributed by atoms with van der Waals surface area (Å²) in [5, 5.41) is 2.53. The summed E-state index contributed by atoms with van der Waals surface area (Å²) in [7, 11) is 0. The molecule has 254 valence electrons. The van der Waals surface area contributed by atoms with Crippen LogP contribution in [0.5, 0.6) is 0 Å². The Morgan fingerprint density at radius 2 is 1.09 bits per heavy atom. The Hall–Kier alpha value is -6.38. The predicted molar refractivity (Wildman–Crippen MR) is 225 cm³/mol. The van der Waals surface area contributed by atoms with Gasteiger partial charge in [0.1, 0.15) is 0 Å². The number of fused-ring (bicyclic) bond motifs is 5. The summed E-state index contributed by atoms with van der Waals surface area (Å²) in [6.45, 7) is 4.80. The van der Waals surface area contributed by atoms with E-state index in [0.29, 0.717) is 0 Å². The molecule has 2 heteroatoms. The number of benzene rings is 7. The molecule has 2 nitrogen and oxygen atoms in total. The van der Waals surface area contributed by atoms with Gasteiger partial charge in [-0.1, -0.05) is 135 Å². The molecule has 0 atom stereocenters. The minimum atomic E-state index is 0.000405. The van der Waals surface area contributed by atoms with Gasteiger partial charge in [-0.25, -0.2) is 0 Å². The Kier molecular flexibility index (Phi) is 7.33. The lowest BCUT2D eigenvalue weighted by molar-refractivity contribution is 0.607. The van der Waals surface area contributed by atoms with Crippen molar-refractivity contribution in [2.75, 3.05) is 4.90 Å². The average Bonchev–Trinajstić information content (AvgIpc) is 3.67. The second-order valence-electron chi connectivity index (χ2n) is 14.9. The first-order valence-corrected chi connectivity index (χ1v) is 18.7. The van der Waals surface area contributed by atoms with Crippen LogP contribution in [0.3, 0.4) is 0 Å². The Bertz CT molecular complexity index is 2710. The van der Waals surface area contributed by atoms with E-state index in [-0.39, 0.29) is 5.41 Å². The first-order chi connectivity index (χ1) is 26.0. The summed E-state index contributed by atoms with van der Waals surface area (Å²) in [4.78, 5) is 2.42. The highest BCUT2D eigenvalue weighted by Gasteiger charge is 2.37. The van der Waals surface area contributed by atoms with Crippen LogP contribution in [0.15, 0.2) is 188 Å². The molecule has 0 saturated heterocycles. The molecule has 1 heterocycles. The normalized spacial score (nSPS) is 14.5. The van der Waals surface area contributed by atoms with E-state index < -0.39 is 0 Å². The number of allylic oxidation sites excluding steroid dienone is 4. The Labute approximate surface area is 311 Å².